The van der Waals surface area contributed by atoms with E-state index in [1.165, 1.54) is 24.9 Å². The van der Waals surface area contributed by atoms with Crippen molar-refractivity contribution in [2.24, 2.45) is 0 Å². The Kier molecular flexibility index (Phi) is 19.0. The van der Waals surface area contributed by atoms with Crippen LogP contribution in [0.25, 0.3) is 22.1 Å². The maximum absolute atomic E-state index is 13.4. The first-order valence-corrected chi connectivity index (χ1v) is 30.8. The lowest BCUT2D eigenvalue weighted by Crippen LogP contribution is -2.61. The van der Waals surface area contributed by atoms with Gasteiger partial charge in [-0.05, 0) is 123 Å². The van der Waals surface area contributed by atoms with Gasteiger partial charge in [0.2, 0.25) is 11.9 Å². The molecule has 12 rings (SSSR count). The molecule has 3 N–H and O–H groups in total. The number of hydrogen-bond donors (Lipinski definition) is 3. The Labute approximate surface area is 517 Å². The first-order valence-electron chi connectivity index (χ1n) is 30.8. The Bertz CT molecular complexity index is 3520. The van der Waals surface area contributed by atoms with Crippen LogP contribution in [0.3, 0.4) is 0 Å². The molecule has 89 heavy (non-hydrogen) atoms. The van der Waals surface area contributed by atoms with Crippen LogP contribution in [0.4, 0.5) is 33.1 Å². The van der Waals surface area contributed by atoms with Crippen molar-refractivity contribution in [2.75, 3.05) is 78.1 Å². The van der Waals surface area contributed by atoms with Crippen LogP contribution in [0.2, 0.25) is 0 Å². The van der Waals surface area contributed by atoms with Crippen LogP contribution in [0.5, 0.6) is 0 Å². The number of likely N-dealkylation sites (tertiary alicyclic amines) is 1. The fraction of sp³-hybridized carbons (Fsp3) is 0.556. The molecule has 6 fully saturated rings. The highest BCUT2D eigenvalue weighted by Gasteiger charge is 2.40. The topological polar surface area (TPSA) is 287 Å². The van der Waals surface area contributed by atoms with E-state index in [9.17, 15) is 28.8 Å². The second-order valence-corrected chi connectivity index (χ2v) is 26.1. The first kappa shape index (κ1) is 63.5. The first-order chi connectivity index (χ1) is 42.3. The fourth-order valence-electron chi connectivity index (χ4n) is 12.2. The molecule has 4 aliphatic heterocycles. The molecule has 2 aliphatic carbocycles. The Morgan fingerprint density at radius 1 is 0.517 bits per heavy atom. The number of ether oxygens (including phenoxy) is 4. The van der Waals surface area contributed by atoms with Crippen LogP contribution in [0, 0.1) is 0 Å². The normalized spacial score (nSPS) is 20.2. The molecule has 6 aromatic rings. The third kappa shape index (κ3) is 15.5. The number of amides is 5. The number of aromatic nitrogens is 8. The standard InChI is InChI=1S/C31H40N8O5.C20H22N6O3.C12H21NO3/c1-31(2,3)44-30(42)38-17-22-15-37(16-23(18-38)43-22)27(40)19-10-11-25(32-13-19)34-29-33-14-20-12-24(28(41)36(4)5)39(26(20)35-29)21-8-6-7-9-21;1-25(2)18(27)15-9-13-11-22-20(23-16-8-7-12(10-21-16)19(28)29)24-17(13)26(15)14-5-3-4-6-14;1-12(2,3)16-11(14)13-7-9-5-4-6-10(8-13)15-9/h10-14,21-23H,6-9,15-18H2,1-5H3,(H,32,33,34,35);7-11,14H,3-6H2,1-2H3,(H,28,29)(H,21,22,23,24);9-10H,4-8H2,1-3H3. The SMILES string of the molecule is CC(C)(C)OC(=O)N1CC2CCCC(C1)O2.CN(C)C(=O)c1cc2cnc(Nc3ccc(C(=O)N4CC5CN(C(=O)OC(C)(C)C)CC(C4)O5)cn3)nc2n1C1CCCC1.CN(C)C(=O)c1cc2cnc(Nc3ccc(C(=O)O)cn3)nc2n1C1CCCC1. The van der Waals surface area contributed by atoms with E-state index >= 15 is 0 Å². The van der Waals surface area contributed by atoms with E-state index < -0.39 is 17.2 Å². The molecule has 4 saturated heterocycles. The van der Waals surface area contributed by atoms with Gasteiger partial charge in [0.25, 0.3) is 17.7 Å². The van der Waals surface area contributed by atoms with Gasteiger partial charge >= 0.3 is 18.2 Å². The Balaban J connectivity index is 0.000000165. The number of carbonyl (C=O) groups excluding carboxylic acids is 5. The minimum Gasteiger partial charge on any atom is -0.478 e. The molecule has 2 saturated carbocycles. The Hall–Kier alpha value is -8.52. The van der Waals surface area contributed by atoms with Gasteiger partial charge in [-0.1, -0.05) is 25.7 Å². The van der Waals surface area contributed by atoms with Gasteiger partial charge in [-0.15, -0.1) is 0 Å². The zero-order valence-electron chi connectivity index (χ0n) is 52.6. The van der Waals surface area contributed by atoms with Crippen molar-refractivity contribution in [1.82, 2.24) is 63.5 Å². The second kappa shape index (κ2) is 26.7. The van der Waals surface area contributed by atoms with Gasteiger partial charge < -0.3 is 68.3 Å². The Morgan fingerprint density at radius 3 is 1.29 bits per heavy atom. The number of carboxylic acids is 1. The number of nitrogens with zero attached hydrogens (tertiary/aromatic N) is 13. The van der Waals surface area contributed by atoms with E-state index in [-0.39, 0.29) is 72.0 Å². The quantitative estimate of drug-likeness (QED) is 0.115. The smallest absolute Gasteiger partial charge is 0.410 e. The summed E-state index contributed by atoms with van der Waals surface area (Å²) in [4.78, 5) is 110. The molecule has 26 nitrogen and oxygen atoms in total. The molecule has 4 bridgehead atoms. The van der Waals surface area contributed by atoms with E-state index in [1.807, 2.05) is 58.2 Å². The molecule has 4 atom stereocenters. The highest BCUT2D eigenvalue weighted by molar-refractivity contribution is 5.99. The number of nitrogens with one attached hydrogen (secondary N) is 2. The maximum Gasteiger partial charge on any atom is 0.410 e. The molecule has 4 unspecified atom stereocenters. The molecule has 0 radical (unpaired) electrons. The van der Waals surface area contributed by atoms with E-state index in [2.05, 4.69) is 40.1 Å². The molecule has 6 aliphatic rings. The zero-order chi connectivity index (χ0) is 63.5. The van der Waals surface area contributed by atoms with Gasteiger partial charge in [-0.3, -0.25) is 14.4 Å². The van der Waals surface area contributed by atoms with Crippen LogP contribution >= 0.6 is 0 Å². The molecule has 0 spiro atoms. The van der Waals surface area contributed by atoms with Gasteiger partial charge in [0.1, 0.15) is 45.5 Å². The molecular weight excluding hydrogens is 1140 g/mol. The summed E-state index contributed by atoms with van der Waals surface area (Å²) >= 11 is 0. The van der Waals surface area contributed by atoms with Crippen LogP contribution in [-0.4, -0.2) is 208 Å². The summed E-state index contributed by atoms with van der Waals surface area (Å²) in [6, 6.07) is 10.7. The van der Waals surface area contributed by atoms with Crippen LogP contribution in [0.1, 0.15) is 166 Å². The predicted molar refractivity (Wildman–Crippen MR) is 331 cm³/mol. The van der Waals surface area contributed by atoms with E-state index in [4.69, 9.17) is 29.0 Å². The van der Waals surface area contributed by atoms with Crippen molar-refractivity contribution in [3.8, 4) is 0 Å². The average molecular weight is 1230 g/mol. The molecule has 476 valence electrons. The van der Waals surface area contributed by atoms with Crippen LogP contribution in [0.15, 0.2) is 61.2 Å². The largest absolute Gasteiger partial charge is 0.478 e. The number of fused-ring (bicyclic) bond motifs is 6. The van der Waals surface area contributed by atoms with Gasteiger partial charge in [0.15, 0.2) is 0 Å². The summed E-state index contributed by atoms with van der Waals surface area (Å²) < 4.78 is 26.8. The zero-order valence-corrected chi connectivity index (χ0v) is 52.6. The van der Waals surface area contributed by atoms with Crippen molar-refractivity contribution >= 4 is 81.5 Å². The van der Waals surface area contributed by atoms with Gasteiger partial charge in [0, 0.05) is 88.9 Å². The second-order valence-electron chi connectivity index (χ2n) is 26.1. The summed E-state index contributed by atoms with van der Waals surface area (Å²) in [6.07, 6.45) is 17.5. The Morgan fingerprint density at radius 2 is 0.910 bits per heavy atom. The van der Waals surface area contributed by atoms with Crippen molar-refractivity contribution in [2.45, 2.75) is 160 Å². The lowest BCUT2D eigenvalue weighted by molar-refractivity contribution is -0.127. The van der Waals surface area contributed by atoms with Crippen LogP contribution < -0.4 is 10.6 Å². The van der Waals surface area contributed by atoms with Crippen molar-refractivity contribution in [3.63, 3.8) is 0 Å². The van der Waals surface area contributed by atoms with Crippen LogP contribution in [-0.2, 0) is 18.9 Å². The molecule has 0 aromatic carbocycles. The summed E-state index contributed by atoms with van der Waals surface area (Å²) in [5.74, 6) is 0.350. The summed E-state index contributed by atoms with van der Waals surface area (Å²) in [7, 11) is 6.99. The minimum absolute atomic E-state index is 0.0596. The van der Waals surface area contributed by atoms with E-state index in [1.54, 1.807) is 83.3 Å². The van der Waals surface area contributed by atoms with Gasteiger partial charge in [0.05, 0.1) is 61.7 Å². The monoisotopic (exact) mass is 1230 g/mol. The number of morpholine rings is 3. The average Bonchev–Trinajstić information content (AvgIpc) is 1.87. The lowest BCUT2D eigenvalue weighted by atomic mass is 10.00. The summed E-state index contributed by atoms with van der Waals surface area (Å²) in [5.41, 5.74) is 2.24. The lowest BCUT2D eigenvalue weighted by Gasteiger charge is -2.45. The highest BCUT2D eigenvalue weighted by atomic mass is 16.6. The molecule has 5 amide bonds. The molecule has 10 heterocycles. The molecule has 6 aromatic heterocycles. The third-order valence-corrected chi connectivity index (χ3v) is 16.2. The van der Waals surface area contributed by atoms with Crippen molar-refractivity contribution in [1.29, 1.82) is 0 Å². The number of carbonyl (C=O) groups is 6. The van der Waals surface area contributed by atoms with Gasteiger partial charge in [-0.25, -0.2) is 34.3 Å². The summed E-state index contributed by atoms with van der Waals surface area (Å²) in [6.45, 7) is 14.1. The van der Waals surface area contributed by atoms with Crippen molar-refractivity contribution in [3.05, 3.63) is 83.7 Å². The molecular formula is C63H83N15O11. The molecule has 26 heteroatoms. The maximum atomic E-state index is 13.4. The number of pyridine rings is 2. The summed E-state index contributed by atoms with van der Waals surface area (Å²) in [5, 5.41) is 16.8. The van der Waals surface area contributed by atoms with Gasteiger partial charge in [-0.2, -0.15) is 9.97 Å². The van der Waals surface area contributed by atoms with E-state index in [0.29, 0.717) is 85.4 Å². The number of hydrogen-bond acceptors (Lipinski definition) is 18. The van der Waals surface area contributed by atoms with Crippen molar-refractivity contribution < 1.29 is 52.8 Å². The minimum atomic E-state index is -1.03. The number of anilines is 4. The highest BCUT2D eigenvalue weighted by Crippen LogP contribution is 2.37. The number of aromatic carboxylic acids is 1. The van der Waals surface area contributed by atoms with E-state index in [0.717, 1.165) is 80.6 Å². The number of carboxylic acid groups (broad SMARTS) is 1. The number of rotatable bonds is 10. The fourth-order valence-corrected chi connectivity index (χ4v) is 12.2. The third-order valence-electron chi connectivity index (χ3n) is 16.2. The predicted octanol–water partition coefficient (Wildman–Crippen LogP) is 9.11.